The van der Waals surface area contributed by atoms with Gasteiger partial charge in [0.1, 0.15) is 5.82 Å². The molecule has 2 heterocycles. The van der Waals surface area contributed by atoms with Crippen LogP contribution >= 0.6 is 25.8 Å². The summed E-state index contributed by atoms with van der Waals surface area (Å²) in [7, 11) is 0. The Morgan fingerprint density at radius 2 is 2.21 bits per heavy atom. The molecular weight excluding hydrogens is 263 g/mol. The molecule has 14 heavy (non-hydrogen) atoms. The molecule has 0 bridgehead atoms. The average Bonchev–Trinajstić information content (AvgIpc) is 2.83. The SMILES string of the molecule is O=C1Nc2ncc(Br)cc2C12CC2.P. The van der Waals surface area contributed by atoms with Crippen molar-refractivity contribution < 1.29 is 4.79 Å². The van der Waals surface area contributed by atoms with Gasteiger partial charge in [0, 0.05) is 16.2 Å². The number of nitrogens with one attached hydrogen (secondary N) is 1. The topological polar surface area (TPSA) is 42.0 Å². The maximum Gasteiger partial charge on any atom is 0.236 e. The Kier molecular flexibility index (Phi) is 2.16. The molecule has 1 unspecified atom stereocenters. The monoisotopic (exact) mass is 272 g/mol. The highest BCUT2D eigenvalue weighted by Crippen LogP contribution is 2.54. The van der Waals surface area contributed by atoms with Gasteiger partial charge in [0.15, 0.2) is 0 Å². The van der Waals surface area contributed by atoms with E-state index in [1.165, 1.54) is 0 Å². The first-order valence-corrected chi connectivity index (χ1v) is 4.99. The Hall–Kier alpha value is -0.470. The third-order valence-corrected chi connectivity index (χ3v) is 3.22. The molecule has 1 saturated carbocycles. The van der Waals surface area contributed by atoms with Gasteiger partial charge < -0.3 is 5.32 Å². The summed E-state index contributed by atoms with van der Waals surface area (Å²) in [6, 6.07) is 1.99. The lowest BCUT2D eigenvalue weighted by Crippen LogP contribution is -2.18. The second kappa shape index (κ2) is 3.01. The first-order valence-electron chi connectivity index (χ1n) is 4.20. The van der Waals surface area contributed by atoms with Gasteiger partial charge in [-0.1, -0.05) is 0 Å². The van der Waals surface area contributed by atoms with E-state index in [4.69, 9.17) is 0 Å². The standard InChI is InChI=1S/C9H7BrN2O.H3P/c10-5-3-6-7(11-4-5)12-8(13)9(6)1-2-9;/h3-4H,1-2H2,(H,11,12,13);1H3. The molecule has 1 aliphatic carbocycles. The van der Waals surface area contributed by atoms with E-state index in [0.717, 1.165) is 28.7 Å². The summed E-state index contributed by atoms with van der Waals surface area (Å²) in [4.78, 5) is 15.7. The van der Waals surface area contributed by atoms with Crippen LogP contribution in [0.2, 0.25) is 0 Å². The Balaban J connectivity index is 0.000000750. The van der Waals surface area contributed by atoms with Gasteiger partial charge in [-0.25, -0.2) is 4.98 Å². The third kappa shape index (κ3) is 1.14. The summed E-state index contributed by atoms with van der Waals surface area (Å²) in [5.74, 6) is 0.860. The summed E-state index contributed by atoms with van der Waals surface area (Å²) in [5, 5.41) is 2.81. The van der Waals surface area contributed by atoms with Gasteiger partial charge in [-0.3, -0.25) is 4.79 Å². The summed E-state index contributed by atoms with van der Waals surface area (Å²) in [5.41, 5.74) is 0.846. The Labute approximate surface area is 93.4 Å². The molecule has 1 aromatic rings. The number of anilines is 1. The largest absolute Gasteiger partial charge is 0.310 e. The minimum atomic E-state index is -0.216. The number of pyridine rings is 1. The number of aromatic nitrogens is 1. The molecule has 3 nitrogen and oxygen atoms in total. The molecule has 1 atom stereocenters. The fourth-order valence-electron chi connectivity index (χ4n) is 1.87. The summed E-state index contributed by atoms with van der Waals surface area (Å²) >= 11 is 3.36. The van der Waals surface area contributed by atoms with E-state index < -0.39 is 0 Å². The van der Waals surface area contributed by atoms with Gasteiger partial charge in [0.05, 0.1) is 5.41 Å². The molecule has 5 heteroatoms. The van der Waals surface area contributed by atoms with Gasteiger partial charge in [0.25, 0.3) is 0 Å². The van der Waals surface area contributed by atoms with Gasteiger partial charge in [0.2, 0.25) is 5.91 Å². The van der Waals surface area contributed by atoms with E-state index in [-0.39, 0.29) is 21.2 Å². The lowest BCUT2D eigenvalue weighted by Gasteiger charge is -2.02. The van der Waals surface area contributed by atoms with Crippen LogP contribution in [0.4, 0.5) is 5.82 Å². The zero-order valence-corrected chi connectivity index (χ0v) is 10.5. The fourth-order valence-corrected chi connectivity index (χ4v) is 2.21. The number of carbonyl (C=O) groups excluding carboxylic acids is 1. The van der Waals surface area contributed by atoms with E-state index in [2.05, 4.69) is 26.2 Å². The van der Waals surface area contributed by atoms with Crippen LogP contribution in [-0.4, -0.2) is 10.9 Å². The normalized spacial score (nSPS) is 19.9. The predicted octanol–water partition coefficient (Wildman–Crippen LogP) is 1.89. The molecule has 1 N–H and O–H groups in total. The molecule has 3 rings (SSSR count). The molecule has 1 spiro atoms. The van der Waals surface area contributed by atoms with Crippen molar-refractivity contribution in [3.63, 3.8) is 0 Å². The zero-order valence-electron chi connectivity index (χ0n) is 7.51. The lowest BCUT2D eigenvalue weighted by atomic mass is 10.00. The van der Waals surface area contributed by atoms with Crippen LogP contribution in [0.25, 0.3) is 0 Å². The number of rotatable bonds is 0. The van der Waals surface area contributed by atoms with Crippen molar-refractivity contribution in [2.24, 2.45) is 0 Å². The van der Waals surface area contributed by atoms with E-state index >= 15 is 0 Å². The molecule has 1 aromatic heterocycles. The maximum atomic E-state index is 11.6. The van der Waals surface area contributed by atoms with Gasteiger partial charge in [-0.15, -0.1) is 0 Å². The number of carbonyl (C=O) groups is 1. The van der Waals surface area contributed by atoms with Crippen molar-refractivity contribution in [3.05, 3.63) is 22.3 Å². The summed E-state index contributed by atoms with van der Waals surface area (Å²) in [6.45, 7) is 0. The molecule has 1 aliphatic heterocycles. The number of hydrogen-bond donors (Lipinski definition) is 1. The first-order chi connectivity index (χ1) is 6.22. The second-order valence-electron chi connectivity index (χ2n) is 3.59. The van der Waals surface area contributed by atoms with E-state index in [1.54, 1.807) is 6.20 Å². The fraction of sp³-hybridized carbons (Fsp3) is 0.333. The Morgan fingerprint density at radius 3 is 2.86 bits per heavy atom. The van der Waals surface area contributed by atoms with E-state index in [0.29, 0.717) is 0 Å². The summed E-state index contributed by atoms with van der Waals surface area (Å²) < 4.78 is 0.939. The van der Waals surface area contributed by atoms with Crippen molar-refractivity contribution in [2.75, 3.05) is 5.32 Å². The van der Waals surface area contributed by atoms with E-state index in [9.17, 15) is 4.79 Å². The molecule has 0 radical (unpaired) electrons. The van der Waals surface area contributed by atoms with Crippen LogP contribution in [0.3, 0.4) is 0 Å². The van der Waals surface area contributed by atoms with Gasteiger partial charge in [-0.05, 0) is 34.8 Å². The van der Waals surface area contributed by atoms with E-state index in [1.807, 2.05) is 6.07 Å². The highest BCUT2D eigenvalue weighted by atomic mass is 79.9. The van der Waals surface area contributed by atoms with Crippen LogP contribution < -0.4 is 5.32 Å². The average molecular weight is 273 g/mol. The smallest absolute Gasteiger partial charge is 0.236 e. The molecular formula is C9H10BrN2OP. The van der Waals surface area contributed by atoms with Crippen molar-refractivity contribution in [3.8, 4) is 0 Å². The number of nitrogens with zero attached hydrogens (tertiary/aromatic N) is 1. The third-order valence-electron chi connectivity index (χ3n) is 2.79. The van der Waals surface area contributed by atoms with Crippen LogP contribution in [0.5, 0.6) is 0 Å². The zero-order chi connectivity index (χ0) is 9.05. The number of halogens is 1. The van der Waals surface area contributed by atoms with Crippen LogP contribution in [0, 0.1) is 0 Å². The van der Waals surface area contributed by atoms with Gasteiger partial charge in [-0.2, -0.15) is 9.90 Å². The molecule has 74 valence electrons. The van der Waals surface area contributed by atoms with Crippen LogP contribution in [0.1, 0.15) is 18.4 Å². The lowest BCUT2D eigenvalue weighted by molar-refractivity contribution is -0.117. The Bertz CT molecular complexity index is 417. The molecule has 2 aliphatic rings. The molecule has 0 saturated heterocycles. The van der Waals surface area contributed by atoms with Crippen molar-refractivity contribution in [1.82, 2.24) is 4.98 Å². The quantitative estimate of drug-likeness (QED) is 0.733. The van der Waals surface area contributed by atoms with Crippen LogP contribution in [0.15, 0.2) is 16.7 Å². The molecule has 1 fully saturated rings. The highest BCUT2D eigenvalue weighted by molar-refractivity contribution is 9.10. The van der Waals surface area contributed by atoms with Crippen molar-refractivity contribution in [2.45, 2.75) is 18.3 Å². The minimum Gasteiger partial charge on any atom is -0.310 e. The Morgan fingerprint density at radius 1 is 1.50 bits per heavy atom. The number of fused-ring (bicyclic) bond motifs is 2. The number of hydrogen-bond acceptors (Lipinski definition) is 2. The first kappa shape index (κ1) is 10.1. The van der Waals surface area contributed by atoms with Crippen molar-refractivity contribution in [1.29, 1.82) is 0 Å². The highest BCUT2D eigenvalue weighted by Gasteiger charge is 2.56. The second-order valence-corrected chi connectivity index (χ2v) is 4.50. The minimum absolute atomic E-state index is 0. The van der Waals surface area contributed by atoms with Crippen LogP contribution in [-0.2, 0) is 10.2 Å². The maximum absolute atomic E-state index is 11.6. The molecule has 0 aromatic carbocycles. The predicted molar refractivity (Wildman–Crippen MR) is 62.6 cm³/mol. The van der Waals surface area contributed by atoms with Gasteiger partial charge >= 0.3 is 0 Å². The summed E-state index contributed by atoms with van der Waals surface area (Å²) in [6.07, 6.45) is 3.63. The number of amides is 1. The molecule has 1 amide bonds. The van der Waals surface area contributed by atoms with Crippen molar-refractivity contribution >= 4 is 37.6 Å².